The van der Waals surface area contributed by atoms with Gasteiger partial charge in [0.05, 0.1) is 25.6 Å². The van der Waals surface area contributed by atoms with Crippen molar-refractivity contribution in [2.45, 2.75) is 83.5 Å². The van der Waals surface area contributed by atoms with Gasteiger partial charge < -0.3 is 15.7 Å². The molecule has 3 rings (SSSR count). The van der Waals surface area contributed by atoms with Crippen LogP contribution in [0.4, 0.5) is 5.82 Å². The van der Waals surface area contributed by atoms with E-state index < -0.39 is 35.9 Å². The molecule has 2 aromatic rings. The van der Waals surface area contributed by atoms with Crippen LogP contribution < -0.4 is 16.2 Å². The number of nitrogens with zero attached hydrogens (tertiary/aromatic N) is 5. The van der Waals surface area contributed by atoms with Crippen molar-refractivity contribution in [1.29, 1.82) is 0 Å². The topological polar surface area (TPSA) is 173 Å². The van der Waals surface area contributed by atoms with Crippen LogP contribution in [-0.4, -0.2) is 73.2 Å². The first-order valence-corrected chi connectivity index (χ1v) is 12.5. The Morgan fingerprint density at radius 3 is 2.59 bits per heavy atom. The molecular formula is C24H35N7O6. The summed E-state index contributed by atoms with van der Waals surface area (Å²) in [5.41, 5.74) is 0.532. The second kappa shape index (κ2) is 13.1. The van der Waals surface area contributed by atoms with Gasteiger partial charge in [0.15, 0.2) is 11.6 Å². The number of amides is 1. The highest BCUT2D eigenvalue weighted by Gasteiger charge is 2.30. The average Bonchev–Trinajstić information content (AvgIpc) is 3.29. The molecule has 202 valence electrons. The third-order valence-corrected chi connectivity index (χ3v) is 6.75. The van der Waals surface area contributed by atoms with E-state index in [1.165, 1.54) is 23.4 Å². The van der Waals surface area contributed by atoms with Crippen molar-refractivity contribution in [3.05, 3.63) is 34.1 Å². The Morgan fingerprint density at radius 1 is 1.24 bits per heavy atom. The number of anilines is 1. The van der Waals surface area contributed by atoms with Crippen LogP contribution in [0.25, 0.3) is 0 Å². The van der Waals surface area contributed by atoms with Gasteiger partial charge in [-0.25, -0.2) is 9.61 Å². The lowest BCUT2D eigenvalue weighted by molar-refractivity contribution is -0.140. The zero-order valence-corrected chi connectivity index (χ0v) is 21.5. The van der Waals surface area contributed by atoms with E-state index >= 15 is 0 Å². The third kappa shape index (κ3) is 7.44. The van der Waals surface area contributed by atoms with E-state index in [-0.39, 0.29) is 37.2 Å². The van der Waals surface area contributed by atoms with Gasteiger partial charge in [0.1, 0.15) is 17.4 Å². The highest BCUT2D eigenvalue weighted by Crippen LogP contribution is 2.21. The molecule has 2 unspecified atom stereocenters. The second-order valence-electron chi connectivity index (χ2n) is 9.39. The maximum atomic E-state index is 13.2. The van der Waals surface area contributed by atoms with Gasteiger partial charge in [-0.1, -0.05) is 36.5 Å². The minimum atomic E-state index is -1.21. The van der Waals surface area contributed by atoms with E-state index in [9.17, 15) is 24.3 Å². The first-order chi connectivity index (χ1) is 17.7. The number of nitrogens with one attached hydrogen (secondary N) is 2. The Labute approximate surface area is 214 Å². The fraction of sp³-hybridized carbons (Fsp3) is 0.625. The Bertz CT molecular complexity index is 1140. The number of Topliss-reactive ketones (excluding diaryl/α,β-unsaturated/α-hetero) is 1. The summed E-state index contributed by atoms with van der Waals surface area (Å²) in [6.45, 7) is 3.62. The Hall–Kier alpha value is -3.61. The molecule has 1 aliphatic rings. The van der Waals surface area contributed by atoms with Gasteiger partial charge in [-0.15, -0.1) is 0 Å². The molecule has 1 amide bonds. The SMILES string of the molecule is CCC(C(=O)NC(CC(=O)O)C(=O)CN(C)C1CCCCC1)n1ccnc(NCc2nonc2C)c1=O. The number of ketones is 1. The largest absolute Gasteiger partial charge is 0.481 e. The molecule has 2 heterocycles. The van der Waals surface area contributed by atoms with Crippen molar-refractivity contribution in [3.8, 4) is 0 Å². The predicted octanol–water partition coefficient (Wildman–Crippen LogP) is 1.29. The van der Waals surface area contributed by atoms with E-state index in [4.69, 9.17) is 0 Å². The number of rotatable bonds is 13. The Morgan fingerprint density at radius 2 is 1.97 bits per heavy atom. The van der Waals surface area contributed by atoms with Crippen molar-refractivity contribution >= 4 is 23.5 Å². The molecule has 1 aliphatic carbocycles. The summed E-state index contributed by atoms with van der Waals surface area (Å²) >= 11 is 0. The quantitative estimate of drug-likeness (QED) is 0.349. The summed E-state index contributed by atoms with van der Waals surface area (Å²) < 4.78 is 5.86. The van der Waals surface area contributed by atoms with Crippen LogP contribution in [0.3, 0.4) is 0 Å². The number of likely N-dealkylation sites (N-methyl/N-ethyl adjacent to an activating group) is 1. The summed E-state index contributed by atoms with van der Waals surface area (Å²) in [4.78, 5) is 56.8. The molecule has 13 nitrogen and oxygen atoms in total. The molecule has 3 N–H and O–H groups in total. The fourth-order valence-electron chi connectivity index (χ4n) is 4.57. The van der Waals surface area contributed by atoms with Crippen LogP contribution in [0, 0.1) is 6.92 Å². The number of aliphatic carboxylic acids is 1. The molecule has 0 radical (unpaired) electrons. The first-order valence-electron chi connectivity index (χ1n) is 12.5. The minimum Gasteiger partial charge on any atom is -0.481 e. The molecule has 0 aliphatic heterocycles. The summed E-state index contributed by atoms with van der Waals surface area (Å²) in [5.74, 6) is -2.18. The van der Waals surface area contributed by atoms with Gasteiger partial charge in [0.2, 0.25) is 5.91 Å². The maximum Gasteiger partial charge on any atom is 0.305 e. The molecule has 0 aromatic carbocycles. The van der Waals surface area contributed by atoms with Crippen molar-refractivity contribution in [1.82, 2.24) is 30.1 Å². The lowest BCUT2D eigenvalue weighted by atomic mass is 9.94. The van der Waals surface area contributed by atoms with E-state index in [1.807, 2.05) is 11.9 Å². The van der Waals surface area contributed by atoms with Crippen molar-refractivity contribution in [2.75, 3.05) is 18.9 Å². The first kappa shape index (κ1) is 28.0. The molecule has 1 fully saturated rings. The Kier molecular flexibility index (Phi) is 9.89. The summed E-state index contributed by atoms with van der Waals surface area (Å²) in [5, 5.41) is 22.3. The number of carboxylic acid groups (broad SMARTS) is 1. The number of carboxylic acids is 1. The number of hydrogen-bond donors (Lipinski definition) is 3. The highest BCUT2D eigenvalue weighted by molar-refractivity contribution is 5.94. The number of hydrogen-bond acceptors (Lipinski definition) is 10. The van der Waals surface area contributed by atoms with Gasteiger partial charge in [-0.05, 0) is 33.2 Å². The van der Waals surface area contributed by atoms with E-state index in [2.05, 4.69) is 30.6 Å². The van der Waals surface area contributed by atoms with Crippen LogP contribution in [0.2, 0.25) is 0 Å². The summed E-state index contributed by atoms with van der Waals surface area (Å²) in [7, 11) is 1.85. The number of carbonyl (C=O) groups is 3. The predicted molar refractivity (Wildman–Crippen MR) is 133 cm³/mol. The molecule has 2 aromatic heterocycles. The van der Waals surface area contributed by atoms with Crippen molar-refractivity contribution in [3.63, 3.8) is 0 Å². The van der Waals surface area contributed by atoms with E-state index in [1.54, 1.807) is 13.8 Å². The standard InChI is InChI=1S/C24H35N7O6/c1-4-19(31-11-10-25-22(24(31)36)26-13-18-15(2)28-37-29-18)23(35)27-17(12-21(33)34)20(32)14-30(3)16-8-6-5-7-9-16/h10-11,16-17,19H,4-9,12-14H2,1-3H3,(H,25,26)(H,27,35)(H,33,34). The van der Waals surface area contributed by atoms with Crippen LogP contribution in [-0.2, 0) is 20.9 Å². The second-order valence-corrected chi connectivity index (χ2v) is 9.39. The number of aryl methyl sites for hydroxylation is 1. The molecule has 2 atom stereocenters. The molecule has 13 heteroatoms. The van der Waals surface area contributed by atoms with Crippen LogP contribution in [0.1, 0.15) is 69.3 Å². The van der Waals surface area contributed by atoms with Gasteiger partial charge >= 0.3 is 5.97 Å². The van der Waals surface area contributed by atoms with Crippen molar-refractivity contribution in [2.24, 2.45) is 0 Å². The normalized spacial score (nSPS) is 15.8. The highest BCUT2D eigenvalue weighted by atomic mass is 16.6. The molecule has 37 heavy (non-hydrogen) atoms. The van der Waals surface area contributed by atoms with E-state index in [0.717, 1.165) is 25.7 Å². The monoisotopic (exact) mass is 517 g/mol. The van der Waals surface area contributed by atoms with Crippen LogP contribution in [0.15, 0.2) is 21.8 Å². The van der Waals surface area contributed by atoms with Crippen molar-refractivity contribution < 1.29 is 24.1 Å². The summed E-state index contributed by atoms with van der Waals surface area (Å²) in [6.07, 6.45) is 7.82. The number of aromatic nitrogens is 4. The zero-order chi connectivity index (χ0) is 26.9. The van der Waals surface area contributed by atoms with Gasteiger partial charge in [-0.3, -0.25) is 28.6 Å². The van der Waals surface area contributed by atoms with Gasteiger partial charge in [0.25, 0.3) is 5.56 Å². The lowest BCUT2D eigenvalue weighted by Crippen LogP contribution is -2.50. The molecule has 0 bridgehead atoms. The number of carbonyl (C=O) groups excluding carboxylic acids is 2. The van der Waals surface area contributed by atoms with E-state index in [0.29, 0.717) is 11.4 Å². The van der Waals surface area contributed by atoms with Crippen LogP contribution in [0.5, 0.6) is 0 Å². The molecule has 0 saturated heterocycles. The van der Waals surface area contributed by atoms with Gasteiger partial charge in [0, 0.05) is 18.4 Å². The smallest absolute Gasteiger partial charge is 0.305 e. The fourth-order valence-corrected chi connectivity index (χ4v) is 4.57. The minimum absolute atomic E-state index is 0.00317. The zero-order valence-electron chi connectivity index (χ0n) is 21.5. The molecular weight excluding hydrogens is 482 g/mol. The molecule has 0 spiro atoms. The molecule has 1 saturated carbocycles. The Balaban J connectivity index is 1.71. The third-order valence-electron chi connectivity index (χ3n) is 6.75. The lowest BCUT2D eigenvalue weighted by Gasteiger charge is -2.31. The summed E-state index contributed by atoms with van der Waals surface area (Å²) in [6, 6.07) is -1.91. The van der Waals surface area contributed by atoms with Crippen LogP contribution >= 0.6 is 0 Å². The maximum absolute atomic E-state index is 13.2. The van der Waals surface area contributed by atoms with Gasteiger partial charge in [-0.2, -0.15) is 0 Å². The average molecular weight is 518 g/mol.